The molecule has 8 N–H and O–H groups in total. The maximum atomic E-state index is 12.1. The molecule has 1 heterocycles. The molecule has 0 fully saturated rings. The molecule has 0 saturated carbocycles. The zero-order valence-corrected chi connectivity index (χ0v) is 26.8. The Morgan fingerprint density at radius 1 is 0.353 bits per heavy atom. The van der Waals surface area contributed by atoms with Crippen molar-refractivity contribution < 1.29 is 45.6 Å². The topological polar surface area (TPSA) is 171 Å². The molecule has 9 heteroatoms. The van der Waals surface area contributed by atoms with E-state index in [0.29, 0.717) is 28.0 Å². The van der Waals surface area contributed by atoms with Gasteiger partial charge in [0.15, 0.2) is 0 Å². The second-order valence-corrected chi connectivity index (χ2v) is 13.7. The van der Waals surface area contributed by atoms with Gasteiger partial charge in [0.2, 0.25) is 0 Å². The lowest BCUT2D eigenvalue weighted by Gasteiger charge is -2.34. The Kier molecular flexibility index (Phi) is 6.60. The third-order valence-corrected chi connectivity index (χ3v) is 10.9. The quantitative estimate of drug-likeness (QED) is 0.0927. The lowest BCUT2D eigenvalue weighted by Crippen LogP contribution is -2.20. The molecule has 51 heavy (non-hydrogen) atoms. The molecule has 254 valence electrons. The Bertz CT molecular complexity index is 2330. The molecule has 6 aromatic carbocycles. The van der Waals surface area contributed by atoms with Crippen molar-refractivity contribution in [1.29, 1.82) is 0 Å². The second-order valence-electron chi connectivity index (χ2n) is 13.7. The first-order valence-corrected chi connectivity index (χ1v) is 16.6. The molecule has 0 bridgehead atoms. The van der Waals surface area contributed by atoms with Crippen LogP contribution in [0.1, 0.15) is 85.8 Å². The zero-order chi connectivity index (χ0) is 35.3. The van der Waals surface area contributed by atoms with Gasteiger partial charge in [-0.15, -0.1) is 0 Å². The van der Waals surface area contributed by atoms with Crippen LogP contribution in [0, 0.1) is 0 Å². The van der Waals surface area contributed by atoms with Gasteiger partial charge < -0.3 is 45.6 Å². The standard InChI is InChI=1S/C42H32O9/c43-23-7-1-19(2-8-23)33-35(22-13-26(46)15-27(47)14-22)38-31(50)18-32-39-37(42(51-32)21-5-11-25(45)12-6-21)29-16-28(48)17-30(49)36(29)34(40(33)41(38)39)20-3-9-24(44)10-4-20/h1-18,33-35,37,40,42-50H/t33?,34-,35-,37?,40-,42+/m0/s1. The van der Waals surface area contributed by atoms with E-state index in [4.69, 9.17) is 4.74 Å². The van der Waals surface area contributed by atoms with Gasteiger partial charge in [-0.3, -0.25) is 0 Å². The predicted octanol–water partition coefficient (Wildman–Crippen LogP) is 7.76. The fraction of sp³-hybridized carbons (Fsp3) is 0.143. The molecule has 2 unspecified atom stereocenters. The third kappa shape index (κ3) is 4.61. The van der Waals surface area contributed by atoms with Gasteiger partial charge in [-0.05, 0) is 88.0 Å². The number of phenolic OH excluding ortho intramolecular Hbond substituents is 8. The summed E-state index contributed by atoms with van der Waals surface area (Å²) in [4.78, 5) is 0. The van der Waals surface area contributed by atoms with E-state index in [1.54, 1.807) is 84.9 Å². The van der Waals surface area contributed by atoms with Gasteiger partial charge in [0.1, 0.15) is 57.8 Å². The lowest BCUT2D eigenvalue weighted by molar-refractivity contribution is 0.221. The fourth-order valence-electron chi connectivity index (χ4n) is 9.08. The minimum atomic E-state index is -0.693. The molecule has 9 rings (SSSR count). The van der Waals surface area contributed by atoms with Crippen molar-refractivity contribution in [3.05, 3.63) is 159 Å². The van der Waals surface area contributed by atoms with E-state index in [9.17, 15) is 40.9 Å². The molecule has 2 aliphatic carbocycles. The van der Waals surface area contributed by atoms with E-state index in [2.05, 4.69) is 0 Å². The Balaban J connectivity index is 1.44. The number of aromatic hydroxyl groups is 8. The Labute approximate surface area is 291 Å². The monoisotopic (exact) mass is 680 g/mol. The van der Waals surface area contributed by atoms with E-state index >= 15 is 0 Å². The van der Waals surface area contributed by atoms with Crippen LogP contribution in [-0.2, 0) is 0 Å². The number of hydrogen-bond acceptors (Lipinski definition) is 9. The summed E-state index contributed by atoms with van der Waals surface area (Å²) in [6.45, 7) is 0. The van der Waals surface area contributed by atoms with Crippen molar-refractivity contribution in [2.45, 2.75) is 35.7 Å². The lowest BCUT2D eigenvalue weighted by atomic mass is 9.69. The van der Waals surface area contributed by atoms with Crippen LogP contribution in [0.4, 0.5) is 0 Å². The molecule has 0 amide bonds. The van der Waals surface area contributed by atoms with Crippen LogP contribution in [0.15, 0.2) is 109 Å². The van der Waals surface area contributed by atoms with Crippen molar-refractivity contribution in [2.24, 2.45) is 0 Å². The normalized spacial score (nSPS) is 22.5. The van der Waals surface area contributed by atoms with Crippen molar-refractivity contribution in [1.82, 2.24) is 0 Å². The van der Waals surface area contributed by atoms with Crippen LogP contribution in [0.25, 0.3) is 0 Å². The van der Waals surface area contributed by atoms with Gasteiger partial charge in [-0.1, -0.05) is 36.4 Å². The van der Waals surface area contributed by atoms with Crippen LogP contribution >= 0.6 is 0 Å². The number of hydrogen-bond donors (Lipinski definition) is 8. The summed E-state index contributed by atoms with van der Waals surface area (Å²) in [5.41, 5.74) is 6.00. The number of ether oxygens (including phenoxy) is 1. The Morgan fingerprint density at radius 3 is 1.47 bits per heavy atom. The highest BCUT2D eigenvalue weighted by Crippen LogP contribution is 2.70. The Hall–Kier alpha value is -6.48. The van der Waals surface area contributed by atoms with E-state index in [1.807, 2.05) is 12.1 Å². The highest BCUT2D eigenvalue weighted by Gasteiger charge is 2.56. The van der Waals surface area contributed by atoms with Crippen LogP contribution in [-0.4, -0.2) is 40.9 Å². The van der Waals surface area contributed by atoms with E-state index < -0.39 is 35.7 Å². The first-order chi connectivity index (χ1) is 24.6. The van der Waals surface area contributed by atoms with Gasteiger partial charge in [0, 0.05) is 58.6 Å². The van der Waals surface area contributed by atoms with Gasteiger partial charge in [0.05, 0.1) is 5.92 Å². The maximum Gasteiger partial charge on any atom is 0.135 e. The minimum Gasteiger partial charge on any atom is -0.508 e. The SMILES string of the molecule is Oc1ccc(C2[C@H](c3cc(O)cc(O)c3)c3c(O)cc4c5c3[C@@H]2[C@@H](c2ccc(O)cc2)c2c(O)cc(O)cc2C5[C@@H](c2ccc(O)cc2)O4)cc1. The van der Waals surface area contributed by atoms with Crippen molar-refractivity contribution in [3.63, 3.8) is 0 Å². The molecule has 0 aromatic heterocycles. The first-order valence-electron chi connectivity index (χ1n) is 16.6. The average molecular weight is 681 g/mol. The van der Waals surface area contributed by atoms with Crippen LogP contribution in [0.3, 0.4) is 0 Å². The van der Waals surface area contributed by atoms with Crippen LogP contribution < -0.4 is 4.74 Å². The highest BCUT2D eigenvalue weighted by atomic mass is 16.5. The number of rotatable bonds is 4. The summed E-state index contributed by atoms with van der Waals surface area (Å²) in [6, 6.07) is 29.1. The zero-order valence-electron chi connectivity index (χ0n) is 26.8. The third-order valence-electron chi connectivity index (χ3n) is 10.9. The molecule has 1 aliphatic heterocycles. The van der Waals surface area contributed by atoms with Crippen molar-refractivity contribution in [3.8, 4) is 51.7 Å². The summed E-state index contributed by atoms with van der Waals surface area (Å²) in [6.07, 6.45) is -0.693. The van der Waals surface area contributed by atoms with Gasteiger partial charge in [0.25, 0.3) is 0 Å². The molecule has 0 spiro atoms. The molecule has 3 aliphatic rings. The maximum absolute atomic E-state index is 12.1. The number of phenols is 8. The number of fused-ring (bicyclic) bond motifs is 2. The van der Waals surface area contributed by atoms with E-state index in [-0.39, 0.29) is 46.0 Å². The molecule has 6 atom stereocenters. The minimum absolute atomic E-state index is 0.0537. The number of benzene rings is 6. The summed E-state index contributed by atoms with van der Waals surface area (Å²) >= 11 is 0. The van der Waals surface area contributed by atoms with Crippen LogP contribution in [0.2, 0.25) is 0 Å². The van der Waals surface area contributed by atoms with E-state index in [1.165, 1.54) is 12.1 Å². The molecule has 9 nitrogen and oxygen atoms in total. The first kappa shape index (κ1) is 30.6. The van der Waals surface area contributed by atoms with E-state index in [0.717, 1.165) is 27.8 Å². The van der Waals surface area contributed by atoms with Gasteiger partial charge >= 0.3 is 0 Å². The second kappa shape index (κ2) is 11.0. The molecule has 0 saturated heterocycles. The molecule has 6 aromatic rings. The van der Waals surface area contributed by atoms with Gasteiger partial charge in [-0.25, -0.2) is 0 Å². The molecule has 0 radical (unpaired) electrons. The molecular weight excluding hydrogens is 648 g/mol. The predicted molar refractivity (Wildman–Crippen MR) is 186 cm³/mol. The Morgan fingerprint density at radius 2 is 0.863 bits per heavy atom. The summed E-state index contributed by atoms with van der Waals surface area (Å²) < 4.78 is 6.70. The summed E-state index contributed by atoms with van der Waals surface area (Å²) in [5.74, 6) is -3.02. The largest absolute Gasteiger partial charge is 0.508 e. The smallest absolute Gasteiger partial charge is 0.135 e. The summed E-state index contributed by atoms with van der Waals surface area (Å²) in [7, 11) is 0. The van der Waals surface area contributed by atoms with Crippen molar-refractivity contribution >= 4 is 0 Å². The summed E-state index contributed by atoms with van der Waals surface area (Å²) in [5, 5.41) is 87.5. The van der Waals surface area contributed by atoms with Gasteiger partial charge in [-0.2, -0.15) is 0 Å². The van der Waals surface area contributed by atoms with Crippen LogP contribution in [0.5, 0.6) is 51.7 Å². The molecular formula is C42H32O9. The average Bonchev–Trinajstić information content (AvgIpc) is 3.60. The fourth-order valence-corrected chi connectivity index (χ4v) is 9.08. The van der Waals surface area contributed by atoms with Crippen molar-refractivity contribution in [2.75, 3.05) is 0 Å². The highest BCUT2D eigenvalue weighted by molar-refractivity contribution is 5.72.